The first kappa shape index (κ1) is 19.6. The Bertz CT molecular complexity index is 1640. The molecule has 0 atom stereocenters. The van der Waals surface area contributed by atoms with Crippen LogP contribution in [-0.2, 0) is 14.1 Å². The number of aromatic nitrogens is 8. The van der Waals surface area contributed by atoms with Crippen LogP contribution in [0.3, 0.4) is 0 Å². The number of fused-ring (bicyclic) bond motifs is 6. The molecule has 0 fully saturated rings. The number of hydrogen-bond acceptors (Lipinski definition) is 6. The second-order valence-electron chi connectivity index (χ2n) is 7.66. The van der Waals surface area contributed by atoms with Crippen LogP contribution < -0.4 is 11.1 Å². The molecule has 1 aromatic carbocycles. The average Bonchev–Trinajstić information content (AvgIpc) is 3.46. The van der Waals surface area contributed by atoms with Crippen molar-refractivity contribution in [3.63, 3.8) is 0 Å². The number of aryl methyl sites for hydroxylation is 4. The molecule has 32 heavy (non-hydrogen) atoms. The SMILES string of the molecule is Cc1cc2c(=O)n(C)c3nccn3c2cn1.Cc1ccc2c(c1)c(=O)n(C)c1ncnn21. The summed E-state index contributed by atoms with van der Waals surface area (Å²) in [5, 5.41) is 5.46. The van der Waals surface area contributed by atoms with Gasteiger partial charge in [-0.1, -0.05) is 11.6 Å². The summed E-state index contributed by atoms with van der Waals surface area (Å²) in [5.74, 6) is 1.18. The van der Waals surface area contributed by atoms with E-state index in [0.717, 1.165) is 22.3 Å². The number of nitrogens with zero attached hydrogens (tertiary/aromatic N) is 8. The van der Waals surface area contributed by atoms with Crippen LogP contribution in [0.5, 0.6) is 0 Å². The van der Waals surface area contributed by atoms with E-state index in [1.807, 2.05) is 42.6 Å². The Morgan fingerprint density at radius 1 is 0.812 bits per heavy atom. The monoisotopic (exact) mass is 428 g/mol. The number of pyridine rings is 1. The third-order valence-corrected chi connectivity index (χ3v) is 5.48. The fourth-order valence-electron chi connectivity index (χ4n) is 3.83. The van der Waals surface area contributed by atoms with Gasteiger partial charge in [-0.25, -0.2) is 4.98 Å². The molecule has 160 valence electrons. The van der Waals surface area contributed by atoms with E-state index in [-0.39, 0.29) is 11.1 Å². The number of imidazole rings is 1. The molecule has 6 aromatic rings. The first-order chi connectivity index (χ1) is 15.4. The van der Waals surface area contributed by atoms with E-state index < -0.39 is 0 Å². The fraction of sp³-hybridized carbons (Fsp3) is 0.182. The molecular formula is C22H20N8O2. The molecule has 0 radical (unpaired) electrons. The minimum atomic E-state index is -0.0424. The Hall–Kier alpha value is -4.34. The fourth-order valence-corrected chi connectivity index (χ4v) is 3.83. The van der Waals surface area contributed by atoms with Crippen LogP contribution in [0.2, 0.25) is 0 Å². The minimum Gasteiger partial charge on any atom is -0.283 e. The van der Waals surface area contributed by atoms with Crippen molar-refractivity contribution in [3.8, 4) is 0 Å². The van der Waals surface area contributed by atoms with Gasteiger partial charge in [-0.3, -0.25) is 28.1 Å². The molecule has 0 bridgehead atoms. The van der Waals surface area contributed by atoms with Gasteiger partial charge in [0.05, 0.1) is 28.0 Å². The summed E-state index contributed by atoms with van der Waals surface area (Å²) < 4.78 is 6.59. The van der Waals surface area contributed by atoms with Crippen LogP contribution >= 0.6 is 0 Å². The highest BCUT2D eigenvalue weighted by Crippen LogP contribution is 2.13. The molecule has 10 nitrogen and oxygen atoms in total. The summed E-state index contributed by atoms with van der Waals surface area (Å²) in [6, 6.07) is 7.53. The largest absolute Gasteiger partial charge is 0.283 e. The first-order valence-electron chi connectivity index (χ1n) is 9.94. The molecule has 10 heteroatoms. The number of hydrogen-bond donors (Lipinski definition) is 0. The van der Waals surface area contributed by atoms with Crippen LogP contribution in [-0.4, -0.2) is 38.1 Å². The zero-order valence-corrected chi connectivity index (χ0v) is 18.0. The summed E-state index contributed by atoms with van der Waals surface area (Å²) >= 11 is 0. The zero-order chi connectivity index (χ0) is 22.6. The number of benzene rings is 1. The normalized spacial score (nSPS) is 11.4. The summed E-state index contributed by atoms with van der Waals surface area (Å²) in [7, 11) is 3.42. The average molecular weight is 428 g/mol. The Balaban J connectivity index is 0.000000135. The van der Waals surface area contributed by atoms with Gasteiger partial charge in [0.1, 0.15) is 6.33 Å². The standard InChI is InChI=1S/2C11H10N4O/c1-7-5-8-9(6-13-7)15-4-3-12-11(15)14(2)10(8)16;1-7-3-4-9-8(5-7)10(16)14(2)11-12-6-13-15(9)11/h2*3-6H,1-2H3. The quantitative estimate of drug-likeness (QED) is 0.365. The smallest absolute Gasteiger partial charge is 0.262 e. The van der Waals surface area contributed by atoms with Crippen LogP contribution in [0.15, 0.2) is 58.8 Å². The van der Waals surface area contributed by atoms with Crippen molar-refractivity contribution in [3.05, 3.63) is 81.1 Å². The van der Waals surface area contributed by atoms with Crippen molar-refractivity contribution in [1.82, 2.24) is 38.1 Å². The summed E-state index contributed by atoms with van der Waals surface area (Å²) in [4.78, 5) is 36.6. The van der Waals surface area contributed by atoms with Gasteiger partial charge in [0, 0.05) is 32.2 Å². The molecule has 0 aliphatic carbocycles. The second-order valence-corrected chi connectivity index (χ2v) is 7.66. The van der Waals surface area contributed by atoms with Crippen molar-refractivity contribution in [2.75, 3.05) is 0 Å². The molecule has 0 aliphatic heterocycles. The van der Waals surface area contributed by atoms with Crippen LogP contribution in [0.25, 0.3) is 33.4 Å². The third-order valence-electron chi connectivity index (χ3n) is 5.48. The lowest BCUT2D eigenvalue weighted by Crippen LogP contribution is -2.20. The molecule has 6 rings (SSSR count). The Morgan fingerprint density at radius 3 is 2.31 bits per heavy atom. The molecule has 0 spiro atoms. The van der Waals surface area contributed by atoms with Crippen molar-refractivity contribution >= 4 is 33.4 Å². The third kappa shape index (κ3) is 2.88. The predicted molar refractivity (Wildman–Crippen MR) is 121 cm³/mol. The molecule has 5 aromatic heterocycles. The molecule has 0 saturated heterocycles. The highest BCUT2D eigenvalue weighted by molar-refractivity contribution is 5.81. The maximum Gasteiger partial charge on any atom is 0.262 e. The van der Waals surface area contributed by atoms with Crippen molar-refractivity contribution in [1.29, 1.82) is 0 Å². The molecule has 0 N–H and O–H groups in total. The maximum atomic E-state index is 12.1. The maximum absolute atomic E-state index is 12.1. The van der Waals surface area contributed by atoms with Gasteiger partial charge < -0.3 is 0 Å². The van der Waals surface area contributed by atoms with Crippen LogP contribution in [0, 0.1) is 13.8 Å². The molecule has 0 unspecified atom stereocenters. The lowest BCUT2D eigenvalue weighted by Gasteiger charge is -2.06. The van der Waals surface area contributed by atoms with E-state index in [1.54, 1.807) is 41.6 Å². The Labute approximate surface area is 181 Å². The summed E-state index contributed by atoms with van der Waals surface area (Å²) in [5.41, 5.74) is 3.40. The Morgan fingerprint density at radius 2 is 1.53 bits per heavy atom. The van der Waals surface area contributed by atoms with Gasteiger partial charge in [-0.2, -0.15) is 14.6 Å². The van der Waals surface area contributed by atoms with Gasteiger partial charge in [-0.05, 0) is 32.0 Å². The van der Waals surface area contributed by atoms with Crippen LogP contribution in [0.4, 0.5) is 0 Å². The molecule has 5 heterocycles. The van der Waals surface area contributed by atoms with E-state index in [1.165, 1.54) is 10.9 Å². The van der Waals surface area contributed by atoms with Gasteiger partial charge in [-0.15, -0.1) is 0 Å². The second kappa shape index (κ2) is 7.12. The zero-order valence-electron chi connectivity index (χ0n) is 18.0. The van der Waals surface area contributed by atoms with Gasteiger partial charge in [0.2, 0.25) is 11.6 Å². The summed E-state index contributed by atoms with van der Waals surface area (Å²) in [6.07, 6.45) is 6.66. The van der Waals surface area contributed by atoms with E-state index >= 15 is 0 Å². The van der Waals surface area contributed by atoms with Gasteiger partial charge in [0.15, 0.2) is 0 Å². The summed E-state index contributed by atoms with van der Waals surface area (Å²) in [6.45, 7) is 3.83. The molecule has 0 saturated carbocycles. The molecule has 0 aliphatic rings. The topological polar surface area (TPSA) is 104 Å². The van der Waals surface area contributed by atoms with Crippen molar-refractivity contribution < 1.29 is 0 Å². The van der Waals surface area contributed by atoms with E-state index in [4.69, 9.17) is 0 Å². The van der Waals surface area contributed by atoms with Crippen LogP contribution in [0.1, 0.15) is 11.3 Å². The van der Waals surface area contributed by atoms with E-state index in [9.17, 15) is 9.59 Å². The van der Waals surface area contributed by atoms with E-state index in [2.05, 4.69) is 20.1 Å². The van der Waals surface area contributed by atoms with E-state index in [0.29, 0.717) is 22.3 Å². The lowest BCUT2D eigenvalue weighted by molar-refractivity contribution is 0.840. The molecular weight excluding hydrogens is 408 g/mol. The first-order valence-corrected chi connectivity index (χ1v) is 9.94. The minimum absolute atomic E-state index is 0.0424. The van der Waals surface area contributed by atoms with Crippen molar-refractivity contribution in [2.24, 2.45) is 14.1 Å². The van der Waals surface area contributed by atoms with Gasteiger partial charge >= 0.3 is 0 Å². The number of rotatable bonds is 0. The highest BCUT2D eigenvalue weighted by atomic mass is 16.1. The lowest BCUT2D eigenvalue weighted by atomic mass is 10.2. The van der Waals surface area contributed by atoms with Gasteiger partial charge in [0.25, 0.3) is 11.1 Å². The molecule has 0 amide bonds. The Kier molecular flexibility index (Phi) is 4.36. The van der Waals surface area contributed by atoms with Crippen molar-refractivity contribution in [2.45, 2.75) is 13.8 Å². The highest BCUT2D eigenvalue weighted by Gasteiger charge is 2.10. The predicted octanol–water partition coefficient (Wildman–Crippen LogP) is 1.78.